The first-order valence-electron chi connectivity index (χ1n) is 6.02. The Morgan fingerprint density at radius 2 is 2.11 bits per heavy atom. The van der Waals surface area contributed by atoms with E-state index in [9.17, 15) is 0 Å². The minimum absolute atomic E-state index is 0.294. The summed E-state index contributed by atoms with van der Waals surface area (Å²) in [5.74, 6) is 2.12. The van der Waals surface area contributed by atoms with Gasteiger partial charge in [0.1, 0.15) is 0 Å². The van der Waals surface area contributed by atoms with Crippen molar-refractivity contribution in [1.82, 2.24) is 5.32 Å². The fraction of sp³-hybridized carbons (Fsp3) is 0.538. The van der Waals surface area contributed by atoms with E-state index in [2.05, 4.69) is 62.3 Å². The van der Waals surface area contributed by atoms with Gasteiger partial charge in [0.25, 0.3) is 0 Å². The highest BCUT2D eigenvalue weighted by atomic mass is 79.9. The van der Waals surface area contributed by atoms with Crippen LogP contribution in [-0.2, 0) is 0 Å². The van der Waals surface area contributed by atoms with Gasteiger partial charge in [0.05, 0.1) is 0 Å². The first-order valence-corrected chi connectivity index (χ1v) is 8.76. The second-order valence-corrected chi connectivity index (χ2v) is 7.03. The average Bonchev–Trinajstić information content (AvgIpc) is 2.33. The maximum atomic E-state index is 8.67. The Balaban J connectivity index is 2.29. The summed E-state index contributed by atoms with van der Waals surface area (Å²) in [6.45, 7) is 3.45. The van der Waals surface area contributed by atoms with Crippen molar-refractivity contribution in [2.75, 3.05) is 24.7 Å². The maximum absolute atomic E-state index is 8.67. The van der Waals surface area contributed by atoms with Gasteiger partial charge in [0.15, 0.2) is 0 Å². The second kappa shape index (κ2) is 9.37. The van der Waals surface area contributed by atoms with Crippen LogP contribution in [0.2, 0.25) is 0 Å². The van der Waals surface area contributed by atoms with Crippen molar-refractivity contribution >= 4 is 43.6 Å². The van der Waals surface area contributed by atoms with Crippen LogP contribution >= 0.6 is 43.6 Å². The van der Waals surface area contributed by atoms with E-state index in [0.717, 1.165) is 33.4 Å². The van der Waals surface area contributed by atoms with Gasteiger partial charge in [0.2, 0.25) is 0 Å². The minimum atomic E-state index is 0.294. The van der Waals surface area contributed by atoms with E-state index < -0.39 is 0 Å². The maximum Gasteiger partial charge on any atom is 0.0438 e. The van der Waals surface area contributed by atoms with E-state index in [1.54, 1.807) is 0 Å². The number of hydrogen-bond donors (Lipinski definition) is 2. The number of nitrogens with one attached hydrogen (secondary N) is 1. The van der Waals surface area contributed by atoms with Crippen LogP contribution in [0.5, 0.6) is 0 Å². The largest absolute Gasteiger partial charge is 0.396 e. The van der Waals surface area contributed by atoms with Gasteiger partial charge in [-0.15, -0.1) is 0 Å². The molecule has 1 atom stereocenters. The van der Waals surface area contributed by atoms with E-state index >= 15 is 0 Å². The summed E-state index contributed by atoms with van der Waals surface area (Å²) in [4.78, 5) is 0. The Morgan fingerprint density at radius 1 is 1.33 bits per heavy atom. The zero-order valence-electron chi connectivity index (χ0n) is 10.5. The molecule has 0 aliphatic carbocycles. The van der Waals surface area contributed by atoms with Crippen molar-refractivity contribution < 1.29 is 5.11 Å². The molecule has 0 spiro atoms. The first-order chi connectivity index (χ1) is 8.65. The quantitative estimate of drug-likeness (QED) is 0.652. The number of halogens is 2. The van der Waals surface area contributed by atoms with Crippen molar-refractivity contribution in [3.05, 3.63) is 32.7 Å². The highest BCUT2D eigenvalue weighted by Crippen LogP contribution is 2.26. The summed E-state index contributed by atoms with van der Waals surface area (Å²) < 4.78 is 2.22. The van der Waals surface area contributed by atoms with Gasteiger partial charge in [-0.2, -0.15) is 11.8 Å². The Kier molecular flexibility index (Phi) is 8.59. The molecular weight excluding hydrogens is 378 g/mol. The van der Waals surface area contributed by atoms with Crippen LogP contribution in [0.15, 0.2) is 27.1 Å². The van der Waals surface area contributed by atoms with Crippen LogP contribution < -0.4 is 5.32 Å². The molecule has 1 rings (SSSR count). The monoisotopic (exact) mass is 395 g/mol. The molecule has 0 aliphatic heterocycles. The van der Waals surface area contributed by atoms with Gasteiger partial charge in [-0.3, -0.25) is 0 Å². The number of aliphatic hydroxyl groups is 1. The molecule has 102 valence electrons. The van der Waals surface area contributed by atoms with Crippen LogP contribution in [0.1, 0.15) is 24.9 Å². The highest BCUT2D eigenvalue weighted by Gasteiger charge is 2.08. The van der Waals surface area contributed by atoms with E-state index in [4.69, 9.17) is 5.11 Å². The van der Waals surface area contributed by atoms with Crippen LogP contribution in [0.3, 0.4) is 0 Å². The van der Waals surface area contributed by atoms with Crippen molar-refractivity contribution in [1.29, 1.82) is 0 Å². The third-order valence-electron chi connectivity index (χ3n) is 2.57. The molecule has 2 nitrogen and oxygen atoms in total. The van der Waals surface area contributed by atoms with Crippen molar-refractivity contribution in [2.45, 2.75) is 19.4 Å². The van der Waals surface area contributed by atoms with Crippen molar-refractivity contribution in [3.8, 4) is 0 Å². The fourth-order valence-electron chi connectivity index (χ4n) is 1.58. The smallest absolute Gasteiger partial charge is 0.0438 e. The van der Waals surface area contributed by atoms with Gasteiger partial charge in [-0.1, -0.05) is 37.9 Å². The van der Waals surface area contributed by atoms with E-state index in [-0.39, 0.29) is 0 Å². The van der Waals surface area contributed by atoms with Gasteiger partial charge in [-0.05, 0) is 36.8 Å². The molecule has 18 heavy (non-hydrogen) atoms. The van der Waals surface area contributed by atoms with Gasteiger partial charge in [0, 0.05) is 33.9 Å². The Bertz CT molecular complexity index is 363. The normalized spacial score (nSPS) is 12.7. The van der Waals surface area contributed by atoms with Gasteiger partial charge >= 0.3 is 0 Å². The topological polar surface area (TPSA) is 32.3 Å². The van der Waals surface area contributed by atoms with E-state index in [1.807, 2.05) is 11.8 Å². The SMILES string of the molecule is CC(NCCSCCCO)c1ccc(Br)cc1Br. The molecule has 0 saturated carbocycles. The third kappa shape index (κ3) is 6.06. The molecule has 5 heteroatoms. The molecular formula is C13H19Br2NOS. The van der Waals surface area contributed by atoms with Crippen LogP contribution in [-0.4, -0.2) is 29.8 Å². The molecule has 1 unspecified atom stereocenters. The minimum Gasteiger partial charge on any atom is -0.396 e. The Labute approximate surface area is 130 Å². The van der Waals surface area contributed by atoms with Gasteiger partial charge in [-0.25, -0.2) is 0 Å². The molecule has 0 heterocycles. The summed E-state index contributed by atoms with van der Waals surface area (Å²) in [5.41, 5.74) is 1.28. The predicted molar refractivity (Wildman–Crippen MR) is 87.3 cm³/mol. The number of thioether (sulfide) groups is 1. The van der Waals surface area contributed by atoms with Crippen LogP contribution in [0, 0.1) is 0 Å². The fourth-order valence-corrected chi connectivity index (χ4v) is 3.77. The molecule has 0 bridgehead atoms. The lowest BCUT2D eigenvalue weighted by atomic mass is 10.1. The number of rotatable bonds is 8. The zero-order chi connectivity index (χ0) is 13.4. The lowest BCUT2D eigenvalue weighted by Crippen LogP contribution is -2.21. The number of aliphatic hydroxyl groups excluding tert-OH is 1. The molecule has 2 N–H and O–H groups in total. The van der Waals surface area contributed by atoms with Crippen LogP contribution in [0.4, 0.5) is 0 Å². The third-order valence-corrected chi connectivity index (χ3v) is 4.82. The lowest BCUT2D eigenvalue weighted by Gasteiger charge is -2.16. The number of benzene rings is 1. The molecule has 0 saturated heterocycles. The molecule has 1 aromatic carbocycles. The first kappa shape index (κ1) is 16.5. The highest BCUT2D eigenvalue weighted by molar-refractivity contribution is 9.11. The summed E-state index contributed by atoms with van der Waals surface area (Å²) in [6.07, 6.45) is 0.887. The average molecular weight is 397 g/mol. The van der Waals surface area contributed by atoms with Gasteiger partial charge < -0.3 is 10.4 Å². The number of hydrogen-bond acceptors (Lipinski definition) is 3. The second-order valence-electron chi connectivity index (χ2n) is 4.03. The molecule has 0 amide bonds. The van der Waals surface area contributed by atoms with E-state index in [1.165, 1.54) is 5.56 Å². The lowest BCUT2D eigenvalue weighted by molar-refractivity contribution is 0.296. The van der Waals surface area contributed by atoms with Crippen molar-refractivity contribution in [3.63, 3.8) is 0 Å². The molecule has 0 aliphatic rings. The predicted octanol–water partition coefficient (Wildman–Crippen LogP) is 3.98. The van der Waals surface area contributed by atoms with E-state index in [0.29, 0.717) is 12.6 Å². The Hall–Kier alpha value is 0.450. The molecule has 1 aromatic rings. The summed E-state index contributed by atoms with van der Waals surface area (Å²) >= 11 is 8.93. The molecule has 0 aromatic heterocycles. The van der Waals surface area contributed by atoms with Crippen molar-refractivity contribution in [2.24, 2.45) is 0 Å². The Morgan fingerprint density at radius 3 is 2.78 bits per heavy atom. The summed E-state index contributed by atoms with van der Waals surface area (Å²) in [5, 5.41) is 12.2. The molecule has 0 radical (unpaired) electrons. The summed E-state index contributed by atoms with van der Waals surface area (Å²) in [7, 11) is 0. The molecule has 0 fully saturated rings. The zero-order valence-corrected chi connectivity index (χ0v) is 14.4. The standard InChI is InChI=1S/C13H19Br2NOS/c1-10(16-5-8-18-7-2-6-17)12-4-3-11(14)9-13(12)15/h3-4,9-10,16-17H,2,5-8H2,1H3. The summed E-state index contributed by atoms with van der Waals surface area (Å²) in [6, 6.07) is 6.61. The van der Waals surface area contributed by atoms with Crippen LogP contribution in [0.25, 0.3) is 0 Å².